The largest absolute Gasteiger partial charge is 0.348 e. The van der Waals surface area contributed by atoms with Crippen molar-refractivity contribution < 1.29 is 4.79 Å². The smallest absolute Gasteiger partial charge is 0.269 e. The monoisotopic (exact) mass is 413 g/mol. The fourth-order valence-electron chi connectivity index (χ4n) is 2.69. The van der Waals surface area contributed by atoms with Crippen LogP contribution in [0.5, 0.6) is 0 Å². The number of nitrogens with one attached hydrogen (secondary N) is 3. The van der Waals surface area contributed by atoms with E-state index in [-0.39, 0.29) is 16.6 Å². The van der Waals surface area contributed by atoms with Gasteiger partial charge in [0.25, 0.3) is 17.4 Å². The molecule has 9 nitrogen and oxygen atoms in total. The predicted molar refractivity (Wildman–Crippen MR) is 105 cm³/mol. The third-order valence-electron chi connectivity index (χ3n) is 4.07. The summed E-state index contributed by atoms with van der Waals surface area (Å²) in [6.07, 6.45) is 0. The quantitative estimate of drug-likeness (QED) is 0.441. The summed E-state index contributed by atoms with van der Waals surface area (Å²) in [5.41, 5.74) is 1.36. The molecule has 0 saturated carbocycles. The molecule has 3 N–H and O–H groups in total. The zero-order chi connectivity index (χ0) is 19.7. The van der Waals surface area contributed by atoms with E-state index >= 15 is 0 Å². The van der Waals surface area contributed by atoms with Gasteiger partial charge in [-0.25, -0.2) is 9.67 Å². The van der Waals surface area contributed by atoms with Crippen LogP contribution in [0.2, 0.25) is 5.02 Å². The van der Waals surface area contributed by atoms with Crippen molar-refractivity contribution in [1.29, 1.82) is 0 Å². The number of nitrogens with zero attached hydrogens (tertiary/aromatic N) is 4. The minimum atomic E-state index is -0.398. The maximum Gasteiger partial charge on any atom is 0.269 e. The van der Waals surface area contributed by atoms with Crippen molar-refractivity contribution >= 4 is 40.6 Å². The first kappa shape index (κ1) is 18.0. The zero-order valence-corrected chi connectivity index (χ0v) is 15.7. The molecule has 0 radical (unpaired) electrons. The third-order valence-corrected chi connectivity index (χ3v) is 4.61. The van der Waals surface area contributed by atoms with Crippen LogP contribution in [0.1, 0.15) is 15.9 Å². The van der Waals surface area contributed by atoms with Gasteiger partial charge in [-0.15, -0.1) is 0 Å². The maximum absolute atomic E-state index is 12.7. The third kappa shape index (κ3) is 3.42. The summed E-state index contributed by atoms with van der Waals surface area (Å²) >= 11 is 11.1. The Hall–Kier alpha value is -3.37. The summed E-state index contributed by atoms with van der Waals surface area (Å²) in [5, 5.41) is 16.9. The Bertz CT molecular complexity index is 1280. The number of amides is 1. The molecule has 0 unspecified atom stereocenters. The summed E-state index contributed by atoms with van der Waals surface area (Å²) in [7, 11) is 0. The van der Waals surface area contributed by atoms with E-state index in [9.17, 15) is 9.59 Å². The van der Waals surface area contributed by atoms with E-state index in [1.165, 1.54) is 0 Å². The highest BCUT2D eigenvalue weighted by Gasteiger charge is 2.13. The number of benzene rings is 2. The number of hydrogen-bond donors (Lipinski definition) is 3. The molecule has 0 aliphatic heterocycles. The molecule has 2 heterocycles. The maximum atomic E-state index is 12.7. The van der Waals surface area contributed by atoms with Crippen molar-refractivity contribution in [2.24, 2.45) is 0 Å². The molecule has 4 aromatic rings. The second-order valence-corrected chi connectivity index (χ2v) is 6.69. The van der Waals surface area contributed by atoms with Crippen molar-refractivity contribution in [2.45, 2.75) is 6.54 Å². The summed E-state index contributed by atoms with van der Waals surface area (Å²) < 4.78 is 1.26. The Morgan fingerprint density at radius 2 is 2.00 bits per heavy atom. The first-order valence-corrected chi connectivity index (χ1v) is 8.87. The van der Waals surface area contributed by atoms with Crippen LogP contribution in [0.25, 0.3) is 16.9 Å². The minimum Gasteiger partial charge on any atom is -0.348 e. The molecular formula is C17H12ClN7O2S. The van der Waals surface area contributed by atoms with Gasteiger partial charge in [0.05, 0.1) is 10.9 Å². The molecular weight excluding hydrogens is 402 g/mol. The standard InChI is InChI=1S/C17H12ClN7O2S/c18-11-4-1-9(2-5-11)8-19-14(26)10-3-6-12-13(7-10)20-17(28)25(15(12)27)16-21-23-24-22-16/h1-7H,8H2,(H,19,26)(H,20,28)(H,21,22,23,24). The summed E-state index contributed by atoms with van der Waals surface area (Å²) in [6, 6.07) is 11.9. The molecule has 0 aliphatic rings. The lowest BCUT2D eigenvalue weighted by molar-refractivity contribution is 0.0951. The van der Waals surface area contributed by atoms with Gasteiger partial charge in [-0.05, 0) is 58.5 Å². The highest BCUT2D eigenvalue weighted by atomic mass is 35.5. The van der Waals surface area contributed by atoms with Crippen LogP contribution in [-0.2, 0) is 6.54 Å². The zero-order valence-electron chi connectivity index (χ0n) is 14.1. The molecule has 0 bridgehead atoms. The van der Waals surface area contributed by atoms with E-state index in [0.717, 1.165) is 10.1 Å². The van der Waals surface area contributed by atoms with Crippen molar-refractivity contribution in [2.75, 3.05) is 0 Å². The van der Waals surface area contributed by atoms with Crippen LogP contribution >= 0.6 is 23.8 Å². The molecule has 4 rings (SSSR count). The van der Waals surface area contributed by atoms with Crippen LogP contribution in [0, 0.1) is 4.77 Å². The normalized spacial score (nSPS) is 10.9. The van der Waals surface area contributed by atoms with Gasteiger partial charge in [-0.1, -0.05) is 28.8 Å². The van der Waals surface area contributed by atoms with Gasteiger partial charge in [-0.3, -0.25) is 9.59 Å². The minimum absolute atomic E-state index is 0.106. The lowest BCUT2D eigenvalue weighted by Crippen LogP contribution is -2.24. The molecule has 0 atom stereocenters. The Morgan fingerprint density at radius 3 is 2.71 bits per heavy atom. The SMILES string of the molecule is O=C(NCc1ccc(Cl)cc1)c1ccc2c(=O)n(-c3nnn[nH]3)c(=S)[nH]c2c1. The molecule has 11 heteroatoms. The van der Waals surface area contributed by atoms with Gasteiger partial charge in [0.15, 0.2) is 4.77 Å². The molecule has 2 aromatic carbocycles. The Kier molecular flexibility index (Phi) is 4.72. The summed E-state index contributed by atoms with van der Waals surface area (Å²) in [5.74, 6) is -0.169. The lowest BCUT2D eigenvalue weighted by Gasteiger charge is -2.08. The number of carbonyl (C=O) groups is 1. The van der Waals surface area contributed by atoms with Gasteiger partial charge in [0, 0.05) is 17.1 Å². The highest BCUT2D eigenvalue weighted by molar-refractivity contribution is 7.71. The molecule has 0 fully saturated rings. The number of hydrogen-bond acceptors (Lipinski definition) is 6. The Labute approximate surface area is 167 Å². The van der Waals surface area contributed by atoms with Crippen molar-refractivity contribution in [3.05, 3.63) is 73.7 Å². The summed E-state index contributed by atoms with van der Waals surface area (Å²) in [6.45, 7) is 0.351. The van der Waals surface area contributed by atoms with E-state index in [1.54, 1.807) is 30.3 Å². The summed E-state index contributed by atoms with van der Waals surface area (Å²) in [4.78, 5) is 28.1. The molecule has 1 amide bonds. The van der Waals surface area contributed by atoms with Gasteiger partial charge in [0.1, 0.15) is 0 Å². The molecule has 0 spiro atoms. The van der Waals surface area contributed by atoms with Crippen molar-refractivity contribution in [1.82, 2.24) is 35.5 Å². The predicted octanol–water partition coefficient (Wildman–Crippen LogP) is 2.14. The van der Waals surface area contributed by atoms with Crippen LogP contribution in [-0.4, -0.2) is 36.1 Å². The molecule has 0 aliphatic carbocycles. The van der Waals surface area contributed by atoms with Crippen LogP contribution < -0.4 is 10.9 Å². The first-order valence-electron chi connectivity index (χ1n) is 8.09. The number of H-pyrrole nitrogens is 2. The average molecular weight is 414 g/mol. The van der Waals surface area contributed by atoms with Gasteiger partial charge >= 0.3 is 0 Å². The number of aromatic nitrogens is 6. The Balaban J connectivity index is 1.63. The fourth-order valence-corrected chi connectivity index (χ4v) is 3.09. The number of fused-ring (bicyclic) bond motifs is 1. The molecule has 28 heavy (non-hydrogen) atoms. The molecule has 140 valence electrons. The number of halogens is 1. The van der Waals surface area contributed by atoms with Gasteiger partial charge < -0.3 is 10.3 Å². The highest BCUT2D eigenvalue weighted by Crippen LogP contribution is 2.13. The number of aromatic amines is 2. The van der Waals surface area contributed by atoms with Crippen LogP contribution in [0.15, 0.2) is 47.3 Å². The Morgan fingerprint density at radius 1 is 1.21 bits per heavy atom. The van der Waals surface area contributed by atoms with Crippen molar-refractivity contribution in [3.63, 3.8) is 0 Å². The molecule has 0 saturated heterocycles. The van der Waals surface area contributed by atoms with E-state index < -0.39 is 5.56 Å². The lowest BCUT2D eigenvalue weighted by atomic mass is 10.1. The van der Waals surface area contributed by atoms with Crippen LogP contribution in [0.3, 0.4) is 0 Å². The van der Waals surface area contributed by atoms with Crippen molar-refractivity contribution in [3.8, 4) is 5.95 Å². The molecule has 2 aromatic heterocycles. The van der Waals surface area contributed by atoms with Crippen LogP contribution in [0.4, 0.5) is 0 Å². The number of tetrazole rings is 1. The topological polar surface area (TPSA) is 121 Å². The number of carbonyl (C=O) groups excluding carboxylic acids is 1. The fraction of sp³-hybridized carbons (Fsp3) is 0.0588. The first-order chi connectivity index (χ1) is 13.5. The number of rotatable bonds is 4. The van der Waals surface area contributed by atoms with Gasteiger partial charge in [0.2, 0.25) is 0 Å². The van der Waals surface area contributed by atoms with E-state index in [0.29, 0.717) is 28.0 Å². The second-order valence-electron chi connectivity index (χ2n) is 5.87. The van der Waals surface area contributed by atoms with E-state index in [1.807, 2.05) is 12.1 Å². The van der Waals surface area contributed by atoms with E-state index in [2.05, 4.69) is 30.9 Å². The second kappa shape index (κ2) is 7.33. The van der Waals surface area contributed by atoms with E-state index in [4.69, 9.17) is 23.8 Å². The average Bonchev–Trinajstić information content (AvgIpc) is 3.21. The van der Waals surface area contributed by atoms with Gasteiger partial charge in [-0.2, -0.15) is 0 Å².